The lowest BCUT2D eigenvalue weighted by molar-refractivity contribution is -0.182. The van der Waals surface area contributed by atoms with Gasteiger partial charge in [0.1, 0.15) is 0 Å². The second kappa shape index (κ2) is 8.00. The normalized spacial score (nSPS) is 56.1. The molecule has 5 nitrogen and oxygen atoms in total. The van der Waals surface area contributed by atoms with Crippen LogP contribution in [-0.4, -0.2) is 58.5 Å². The molecule has 7 fully saturated rings. The molecule has 214 valence electrons. The molecule has 1 heterocycles. The second-order valence-electron chi connectivity index (χ2n) is 16.5. The number of amides is 1. The fourth-order valence-corrected chi connectivity index (χ4v) is 12.7. The van der Waals surface area contributed by atoms with Gasteiger partial charge in [0.05, 0.1) is 24.4 Å². The summed E-state index contributed by atoms with van der Waals surface area (Å²) in [5, 5.41) is 23.3. The van der Waals surface area contributed by atoms with Crippen LogP contribution in [0.2, 0.25) is 0 Å². The molecule has 38 heavy (non-hydrogen) atoms. The van der Waals surface area contributed by atoms with E-state index in [1.807, 2.05) is 4.90 Å². The maximum Gasteiger partial charge on any atom is 0.219 e. The third kappa shape index (κ3) is 3.08. The Morgan fingerprint density at radius 2 is 1.61 bits per heavy atom. The van der Waals surface area contributed by atoms with E-state index in [0.29, 0.717) is 47.0 Å². The summed E-state index contributed by atoms with van der Waals surface area (Å²) in [4.78, 5) is 14.5. The van der Waals surface area contributed by atoms with Gasteiger partial charge in [-0.1, -0.05) is 34.6 Å². The highest BCUT2D eigenvalue weighted by molar-refractivity contribution is 5.73. The lowest BCUT2D eigenvalue weighted by atomic mass is 9.41. The highest BCUT2D eigenvalue weighted by Crippen LogP contribution is 2.89. The first kappa shape index (κ1) is 26.3. The predicted octanol–water partition coefficient (Wildman–Crippen LogP) is 5.42. The van der Waals surface area contributed by atoms with Crippen LogP contribution in [0, 0.1) is 56.7 Å². The van der Waals surface area contributed by atoms with Gasteiger partial charge >= 0.3 is 0 Å². The van der Waals surface area contributed by atoms with Gasteiger partial charge in [0.2, 0.25) is 5.91 Å². The first-order chi connectivity index (χ1) is 17.8. The zero-order valence-electron chi connectivity index (χ0n) is 24.8. The van der Waals surface area contributed by atoms with Crippen molar-refractivity contribution in [3.8, 4) is 0 Å². The number of carbonyl (C=O) groups excluding carboxylic acids is 1. The monoisotopic (exact) mass is 527 g/mol. The van der Waals surface area contributed by atoms with Crippen molar-refractivity contribution in [2.24, 2.45) is 56.7 Å². The summed E-state index contributed by atoms with van der Waals surface area (Å²) < 4.78 is 6.90. The van der Waals surface area contributed by atoms with E-state index in [9.17, 15) is 15.0 Å². The Bertz CT molecular complexity index is 1010. The van der Waals surface area contributed by atoms with E-state index in [4.69, 9.17) is 4.74 Å². The third-order valence-electron chi connectivity index (χ3n) is 14.9. The van der Waals surface area contributed by atoms with Crippen LogP contribution >= 0.6 is 0 Å². The Balaban J connectivity index is 1.18. The molecule has 0 bridgehead atoms. The molecule has 2 spiro atoms. The summed E-state index contributed by atoms with van der Waals surface area (Å²) in [6.45, 7) is 15.3. The van der Waals surface area contributed by atoms with Crippen molar-refractivity contribution in [3.63, 3.8) is 0 Å². The fourth-order valence-electron chi connectivity index (χ4n) is 12.7. The number of carbonyl (C=O) groups is 1. The van der Waals surface area contributed by atoms with E-state index in [2.05, 4.69) is 34.6 Å². The van der Waals surface area contributed by atoms with Crippen molar-refractivity contribution >= 4 is 5.91 Å². The number of nitrogens with zero attached hydrogens (tertiary/aromatic N) is 1. The molecule has 1 amide bonds. The van der Waals surface area contributed by atoms with Gasteiger partial charge in [-0.3, -0.25) is 4.79 Å². The van der Waals surface area contributed by atoms with Gasteiger partial charge in [-0.2, -0.15) is 0 Å². The van der Waals surface area contributed by atoms with E-state index in [-0.39, 0.29) is 40.5 Å². The van der Waals surface area contributed by atoms with Gasteiger partial charge in [-0.15, -0.1) is 0 Å². The van der Waals surface area contributed by atoms with Gasteiger partial charge < -0.3 is 19.8 Å². The molecule has 12 atom stereocenters. The van der Waals surface area contributed by atoms with Crippen LogP contribution in [0.15, 0.2) is 0 Å². The quantitative estimate of drug-likeness (QED) is 0.512. The molecule has 0 radical (unpaired) electrons. The molecule has 7 rings (SSSR count). The molecular formula is C33H53NO4. The number of rotatable bonds is 4. The van der Waals surface area contributed by atoms with Crippen LogP contribution in [0.5, 0.6) is 0 Å². The highest BCUT2D eigenvalue weighted by atomic mass is 16.5. The topological polar surface area (TPSA) is 70.0 Å². The first-order valence-electron chi connectivity index (χ1n) is 16.1. The molecule has 1 saturated heterocycles. The minimum Gasteiger partial charge on any atom is -0.393 e. The minimum atomic E-state index is -0.449. The summed E-state index contributed by atoms with van der Waals surface area (Å²) in [6.07, 6.45) is 11.0. The van der Waals surface area contributed by atoms with E-state index in [0.717, 1.165) is 19.4 Å². The summed E-state index contributed by atoms with van der Waals surface area (Å²) >= 11 is 0. The molecule has 1 aliphatic heterocycles. The molecule has 2 N–H and O–H groups in total. The number of hydrogen-bond acceptors (Lipinski definition) is 4. The zero-order valence-corrected chi connectivity index (χ0v) is 24.8. The van der Waals surface area contributed by atoms with Crippen LogP contribution in [0.3, 0.4) is 0 Å². The summed E-state index contributed by atoms with van der Waals surface area (Å²) in [5.41, 5.74) is 0.633. The smallest absolute Gasteiger partial charge is 0.219 e. The van der Waals surface area contributed by atoms with Crippen molar-refractivity contribution < 1.29 is 19.7 Å². The zero-order chi connectivity index (χ0) is 27.0. The molecule has 0 aromatic carbocycles. The Morgan fingerprint density at radius 3 is 2.29 bits per heavy atom. The first-order valence-corrected chi connectivity index (χ1v) is 16.1. The molecule has 0 aromatic heterocycles. The van der Waals surface area contributed by atoms with Crippen molar-refractivity contribution in [1.29, 1.82) is 0 Å². The largest absolute Gasteiger partial charge is 0.393 e. The molecule has 7 aliphatic rings. The lowest BCUT2D eigenvalue weighted by Crippen LogP contribution is -2.59. The van der Waals surface area contributed by atoms with Gasteiger partial charge in [-0.05, 0) is 115 Å². The standard InChI is InChI=1S/C33H53NO4/c1-19-15-22(17-34(20(2)35)16-21-7-8-21)38-27-26(19)30(5)13-14-33-18-32(33)12-11-25(36)29(3,4)23(32)9-10-24(33)31(30,6)28(27)37/h19,21-28,36-37H,7-18H2,1-6H3/t19-,22?,23+,24?,25?,26+,27?,28+,30-,31-,32-,33+/m1/s1. The van der Waals surface area contributed by atoms with Gasteiger partial charge in [0.15, 0.2) is 0 Å². The van der Waals surface area contributed by atoms with Crippen molar-refractivity contribution in [3.05, 3.63) is 0 Å². The summed E-state index contributed by atoms with van der Waals surface area (Å²) in [6, 6.07) is 0. The average Bonchev–Trinajstić information content (AvgIpc) is 3.76. The molecular weight excluding hydrogens is 474 g/mol. The number of hydrogen-bond donors (Lipinski definition) is 2. The Labute approximate surface area is 230 Å². The third-order valence-corrected chi connectivity index (χ3v) is 14.9. The predicted molar refractivity (Wildman–Crippen MR) is 147 cm³/mol. The van der Waals surface area contributed by atoms with Gasteiger partial charge in [-0.25, -0.2) is 0 Å². The number of fused-ring (bicyclic) bond motifs is 4. The SMILES string of the molecule is CC(=O)N(CC1CC1)CC1C[C@@H](C)[C@H]2C(O1)[C@H](O)[C@@]1(C)C3CC[C@H]4C(C)(C)C(O)CC[C@@]45C[C@@]35CC[C@]21C. The average molecular weight is 528 g/mol. The van der Waals surface area contributed by atoms with E-state index in [1.165, 1.54) is 51.4 Å². The van der Waals surface area contributed by atoms with Crippen molar-refractivity contribution in [1.82, 2.24) is 4.90 Å². The summed E-state index contributed by atoms with van der Waals surface area (Å²) in [7, 11) is 0. The van der Waals surface area contributed by atoms with Crippen molar-refractivity contribution in [2.45, 2.75) is 130 Å². The van der Waals surface area contributed by atoms with Crippen LogP contribution in [-0.2, 0) is 9.53 Å². The Morgan fingerprint density at radius 1 is 0.921 bits per heavy atom. The molecule has 4 unspecified atom stereocenters. The number of ether oxygens (including phenoxy) is 1. The molecule has 6 aliphatic carbocycles. The highest BCUT2D eigenvalue weighted by Gasteiger charge is 2.84. The molecule has 6 saturated carbocycles. The van der Waals surface area contributed by atoms with Crippen LogP contribution < -0.4 is 0 Å². The maximum absolute atomic E-state index is 12.4. The van der Waals surface area contributed by atoms with Crippen LogP contribution in [0.25, 0.3) is 0 Å². The van der Waals surface area contributed by atoms with Gasteiger partial charge in [0, 0.05) is 25.4 Å². The minimum absolute atomic E-state index is 0.00937. The summed E-state index contributed by atoms with van der Waals surface area (Å²) in [5.74, 6) is 2.84. The molecule has 5 heteroatoms. The van der Waals surface area contributed by atoms with Crippen molar-refractivity contribution in [2.75, 3.05) is 13.1 Å². The lowest BCUT2D eigenvalue weighted by Gasteiger charge is -2.63. The Hall–Kier alpha value is -0.650. The molecule has 0 aromatic rings. The fraction of sp³-hybridized carbons (Fsp3) is 0.970. The van der Waals surface area contributed by atoms with E-state index < -0.39 is 6.10 Å². The second-order valence-corrected chi connectivity index (χ2v) is 16.5. The maximum atomic E-state index is 12.4. The van der Waals surface area contributed by atoms with E-state index in [1.54, 1.807) is 6.92 Å². The number of aliphatic hydroxyl groups excluding tert-OH is 2. The van der Waals surface area contributed by atoms with E-state index >= 15 is 0 Å². The van der Waals surface area contributed by atoms with Crippen LogP contribution in [0.1, 0.15) is 106 Å². The Kier molecular flexibility index (Phi) is 5.53. The van der Waals surface area contributed by atoms with Gasteiger partial charge in [0.25, 0.3) is 0 Å². The number of aliphatic hydroxyl groups is 2. The van der Waals surface area contributed by atoms with Crippen LogP contribution in [0.4, 0.5) is 0 Å².